The van der Waals surface area contributed by atoms with E-state index < -0.39 is 11.9 Å². The van der Waals surface area contributed by atoms with Crippen molar-refractivity contribution in [2.24, 2.45) is 5.41 Å². The topological polar surface area (TPSA) is 25.4 Å². The molecule has 122 valence electrons. The van der Waals surface area contributed by atoms with Gasteiger partial charge in [-0.15, -0.1) is 0 Å². The number of aromatic nitrogens is 1. The quantitative estimate of drug-likeness (QED) is 0.845. The highest BCUT2D eigenvalue weighted by molar-refractivity contribution is 8.00. The fourth-order valence-electron chi connectivity index (χ4n) is 2.86. The molecule has 0 radical (unpaired) electrons. The van der Waals surface area contributed by atoms with Crippen molar-refractivity contribution < 1.29 is 17.9 Å². The average Bonchev–Trinajstić information content (AvgIpc) is 2.46. The van der Waals surface area contributed by atoms with Gasteiger partial charge in [0.05, 0.1) is 6.20 Å². The van der Waals surface area contributed by atoms with Crippen molar-refractivity contribution in [3.63, 3.8) is 0 Å². The predicted octanol–water partition coefficient (Wildman–Crippen LogP) is 3.31. The zero-order valence-electron chi connectivity index (χ0n) is 12.2. The van der Waals surface area contributed by atoms with Crippen LogP contribution in [0.25, 0.3) is 0 Å². The minimum Gasteiger partial charge on any atom is -0.491 e. The SMILES string of the molecule is FC(F)(F)c1ccc(OCCN2CCC3(CC2)CSC3)cn1. The Labute approximate surface area is 132 Å². The van der Waals surface area contributed by atoms with Crippen molar-refractivity contribution in [2.75, 3.05) is 37.7 Å². The van der Waals surface area contributed by atoms with Crippen LogP contribution in [0.3, 0.4) is 0 Å². The van der Waals surface area contributed by atoms with Crippen molar-refractivity contribution in [1.82, 2.24) is 9.88 Å². The van der Waals surface area contributed by atoms with Crippen LogP contribution in [-0.2, 0) is 6.18 Å². The standard InChI is InChI=1S/C15H19F3N2OS/c16-15(17,18)13-2-1-12(9-19-13)21-8-7-20-5-3-14(4-6-20)10-22-11-14/h1-2,9H,3-8,10-11H2. The van der Waals surface area contributed by atoms with E-state index in [1.165, 1.54) is 30.4 Å². The molecule has 1 spiro atoms. The maximum Gasteiger partial charge on any atom is 0.433 e. The van der Waals surface area contributed by atoms with E-state index in [4.69, 9.17) is 4.74 Å². The number of rotatable bonds is 4. The number of ether oxygens (including phenoxy) is 1. The molecule has 0 unspecified atom stereocenters. The minimum atomic E-state index is -4.40. The highest BCUT2D eigenvalue weighted by Gasteiger charge is 2.40. The number of alkyl halides is 3. The Bertz CT molecular complexity index is 493. The zero-order chi connectivity index (χ0) is 15.6. The number of hydrogen-bond donors (Lipinski definition) is 0. The smallest absolute Gasteiger partial charge is 0.433 e. The van der Waals surface area contributed by atoms with E-state index in [0.29, 0.717) is 17.8 Å². The molecule has 1 aromatic rings. The second-order valence-corrected chi connectivity index (χ2v) is 7.05. The van der Waals surface area contributed by atoms with Gasteiger partial charge in [0.15, 0.2) is 0 Å². The lowest BCUT2D eigenvalue weighted by molar-refractivity contribution is -0.141. The Morgan fingerprint density at radius 2 is 1.95 bits per heavy atom. The van der Waals surface area contributed by atoms with Crippen LogP contribution in [0.4, 0.5) is 13.2 Å². The van der Waals surface area contributed by atoms with E-state index in [-0.39, 0.29) is 0 Å². The van der Waals surface area contributed by atoms with Crippen LogP contribution in [0.15, 0.2) is 18.3 Å². The average molecular weight is 332 g/mol. The van der Waals surface area contributed by atoms with Crippen LogP contribution >= 0.6 is 11.8 Å². The number of pyridine rings is 1. The minimum absolute atomic E-state index is 0.386. The lowest BCUT2D eigenvalue weighted by Crippen LogP contribution is -2.47. The Balaban J connectivity index is 1.40. The molecule has 0 aliphatic carbocycles. The van der Waals surface area contributed by atoms with Gasteiger partial charge in [0.25, 0.3) is 0 Å². The van der Waals surface area contributed by atoms with E-state index in [2.05, 4.69) is 9.88 Å². The summed E-state index contributed by atoms with van der Waals surface area (Å²) in [5.74, 6) is 2.99. The molecule has 2 aliphatic rings. The number of thioether (sulfide) groups is 1. The van der Waals surface area contributed by atoms with Crippen LogP contribution in [0.1, 0.15) is 18.5 Å². The van der Waals surface area contributed by atoms with E-state index >= 15 is 0 Å². The first-order chi connectivity index (χ1) is 10.5. The molecule has 0 amide bonds. The highest BCUT2D eigenvalue weighted by Crippen LogP contribution is 2.45. The predicted molar refractivity (Wildman–Crippen MR) is 80.2 cm³/mol. The molecule has 0 N–H and O–H groups in total. The fraction of sp³-hybridized carbons (Fsp3) is 0.667. The molecular weight excluding hydrogens is 313 g/mol. The largest absolute Gasteiger partial charge is 0.491 e. The number of likely N-dealkylation sites (tertiary alicyclic amines) is 1. The van der Waals surface area contributed by atoms with Gasteiger partial charge in [0.1, 0.15) is 18.1 Å². The number of piperidine rings is 1. The van der Waals surface area contributed by atoms with Crippen molar-refractivity contribution in [3.05, 3.63) is 24.0 Å². The first kappa shape index (κ1) is 15.9. The van der Waals surface area contributed by atoms with E-state index in [1.54, 1.807) is 0 Å². The van der Waals surface area contributed by atoms with Crippen molar-refractivity contribution in [1.29, 1.82) is 0 Å². The summed E-state index contributed by atoms with van der Waals surface area (Å²) in [5, 5.41) is 0. The molecule has 1 aromatic heterocycles. The zero-order valence-corrected chi connectivity index (χ0v) is 13.1. The Hall–Kier alpha value is -0.950. The van der Waals surface area contributed by atoms with Crippen LogP contribution in [0, 0.1) is 5.41 Å². The van der Waals surface area contributed by atoms with Crippen molar-refractivity contribution in [3.8, 4) is 5.75 Å². The molecule has 0 saturated carbocycles. The molecular formula is C15H19F3N2OS. The molecule has 2 aliphatic heterocycles. The Morgan fingerprint density at radius 3 is 2.45 bits per heavy atom. The van der Waals surface area contributed by atoms with Crippen molar-refractivity contribution >= 4 is 11.8 Å². The number of nitrogens with zero attached hydrogens (tertiary/aromatic N) is 2. The summed E-state index contributed by atoms with van der Waals surface area (Å²) in [6.45, 7) is 3.48. The first-order valence-electron chi connectivity index (χ1n) is 7.43. The third-order valence-corrected chi connectivity index (χ3v) is 6.07. The first-order valence-corrected chi connectivity index (χ1v) is 8.59. The van der Waals surface area contributed by atoms with Gasteiger partial charge in [-0.3, -0.25) is 4.90 Å². The molecule has 22 heavy (non-hydrogen) atoms. The summed E-state index contributed by atoms with van der Waals surface area (Å²) in [6, 6.07) is 2.28. The van der Waals surface area contributed by atoms with Gasteiger partial charge in [0, 0.05) is 6.54 Å². The molecule has 2 saturated heterocycles. The molecule has 3 nitrogen and oxygen atoms in total. The number of halogens is 3. The summed E-state index contributed by atoms with van der Waals surface area (Å²) < 4.78 is 42.7. The van der Waals surface area contributed by atoms with E-state index in [1.807, 2.05) is 11.8 Å². The van der Waals surface area contributed by atoms with E-state index in [9.17, 15) is 13.2 Å². The van der Waals surface area contributed by atoms with Gasteiger partial charge in [0.2, 0.25) is 0 Å². The second kappa shape index (κ2) is 6.28. The van der Waals surface area contributed by atoms with Crippen molar-refractivity contribution in [2.45, 2.75) is 19.0 Å². The van der Waals surface area contributed by atoms with Crippen LogP contribution in [-0.4, -0.2) is 47.6 Å². The van der Waals surface area contributed by atoms with Gasteiger partial charge in [-0.2, -0.15) is 24.9 Å². The van der Waals surface area contributed by atoms with Gasteiger partial charge in [-0.05, 0) is 55.0 Å². The normalized spacial score (nSPS) is 21.6. The summed E-state index contributed by atoms with van der Waals surface area (Å²) in [4.78, 5) is 5.75. The monoisotopic (exact) mass is 332 g/mol. The van der Waals surface area contributed by atoms with Crippen LogP contribution in [0.5, 0.6) is 5.75 Å². The van der Waals surface area contributed by atoms with E-state index in [0.717, 1.165) is 31.9 Å². The Morgan fingerprint density at radius 1 is 1.23 bits per heavy atom. The Kier molecular flexibility index (Phi) is 4.54. The summed E-state index contributed by atoms with van der Waals surface area (Å²) in [7, 11) is 0. The van der Waals surface area contributed by atoms with Crippen LogP contribution < -0.4 is 4.74 Å². The van der Waals surface area contributed by atoms with Gasteiger partial charge in [-0.1, -0.05) is 0 Å². The lowest BCUT2D eigenvalue weighted by atomic mass is 9.81. The molecule has 2 fully saturated rings. The van der Waals surface area contributed by atoms with Crippen LogP contribution in [0.2, 0.25) is 0 Å². The molecule has 0 aromatic carbocycles. The highest BCUT2D eigenvalue weighted by atomic mass is 32.2. The summed E-state index contributed by atoms with van der Waals surface area (Å²) in [5.41, 5.74) is -0.293. The fourth-order valence-corrected chi connectivity index (χ4v) is 4.22. The van der Waals surface area contributed by atoms with Gasteiger partial charge < -0.3 is 4.74 Å². The molecule has 3 heterocycles. The molecule has 3 rings (SSSR count). The third kappa shape index (κ3) is 3.68. The van der Waals surface area contributed by atoms with Gasteiger partial charge >= 0.3 is 6.18 Å². The summed E-state index contributed by atoms with van der Waals surface area (Å²) in [6.07, 6.45) is -0.759. The maximum absolute atomic E-state index is 12.4. The maximum atomic E-state index is 12.4. The second-order valence-electron chi connectivity index (χ2n) is 6.06. The molecule has 0 bridgehead atoms. The molecule has 0 atom stereocenters. The summed E-state index contributed by atoms with van der Waals surface area (Å²) >= 11 is 2.03. The third-order valence-electron chi connectivity index (χ3n) is 4.44. The molecule has 7 heteroatoms. The lowest BCUT2D eigenvalue weighted by Gasteiger charge is -2.47. The number of hydrogen-bond acceptors (Lipinski definition) is 4. The van der Waals surface area contributed by atoms with Gasteiger partial charge in [-0.25, -0.2) is 4.98 Å².